The van der Waals surface area contributed by atoms with Gasteiger partial charge in [-0.1, -0.05) is 36.9 Å². The maximum Gasteiger partial charge on any atom is 0.150 e. The Morgan fingerprint density at radius 3 is 2.77 bits per heavy atom. The molecule has 1 saturated carbocycles. The summed E-state index contributed by atoms with van der Waals surface area (Å²) in [6, 6.07) is 10.3. The molecule has 178 valence electrons. The molecule has 7 nitrogen and oxygen atoms in total. The zero-order valence-corrected chi connectivity index (χ0v) is 20.5. The van der Waals surface area contributed by atoms with Gasteiger partial charge in [0.1, 0.15) is 22.9 Å². The molecule has 2 N–H and O–H groups in total. The first-order chi connectivity index (χ1) is 17.0. The number of allylic oxidation sites excluding steroid dienone is 3. The second-order valence-electron chi connectivity index (χ2n) is 9.45. The number of hydrogen-bond acceptors (Lipinski definition) is 6. The van der Waals surface area contributed by atoms with Crippen LogP contribution in [0.1, 0.15) is 30.3 Å². The zero-order chi connectivity index (χ0) is 24.5. The van der Waals surface area contributed by atoms with Crippen LogP contribution < -0.4 is 5.73 Å². The molecule has 0 radical (unpaired) electrons. The van der Waals surface area contributed by atoms with Crippen molar-refractivity contribution in [2.75, 3.05) is 33.4 Å². The van der Waals surface area contributed by atoms with Gasteiger partial charge in [-0.25, -0.2) is 15.0 Å². The predicted molar refractivity (Wildman–Crippen MR) is 144 cm³/mol. The number of nitrogens with two attached hydrogens (primary N) is 1. The van der Waals surface area contributed by atoms with Gasteiger partial charge < -0.3 is 10.6 Å². The Balaban J connectivity index is 1.57. The second-order valence-corrected chi connectivity index (χ2v) is 9.45. The van der Waals surface area contributed by atoms with Crippen molar-refractivity contribution in [3.63, 3.8) is 0 Å². The third-order valence-electron chi connectivity index (χ3n) is 6.69. The Morgan fingerprint density at radius 2 is 2.03 bits per heavy atom. The molecule has 0 bridgehead atoms. The summed E-state index contributed by atoms with van der Waals surface area (Å²) in [5.74, 6) is 2.68. The topological polar surface area (TPSA) is 84.7 Å². The molecule has 0 spiro atoms. The van der Waals surface area contributed by atoms with E-state index in [0.29, 0.717) is 17.7 Å². The highest BCUT2D eigenvalue weighted by Crippen LogP contribution is 2.43. The lowest BCUT2D eigenvalue weighted by atomic mass is 9.74. The highest BCUT2D eigenvalue weighted by atomic mass is 15.1. The van der Waals surface area contributed by atoms with Crippen molar-refractivity contribution in [2.24, 2.45) is 10.9 Å². The van der Waals surface area contributed by atoms with Gasteiger partial charge in [0.2, 0.25) is 0 Å². The summed E-state index contributed by atoms with van der Waals surface area (Å²) >= 11 is 0. The van der Waals surface area contributed by atoms with Crippen molar-refractivity contribution >= 4 is 27.9 Å². The van der Waals surface area contributed by atoms with Crippen LogP contribution in [0.2, 0.25) is 0 Å². The Labute approximate surface area is 205 Å². The third-order valence-corrected chi connectivity index (χ3v) is 6.69. The number of imidazole rings is 1. The van der Waals surface area contributed by atoms with Crippen LogP contribution in [0.3, 0.4) is 0 Å². The lowest BCUT2D eigenvalue weighted by molar-refractivity contribution is 0.194. The molecule has 5 rings (SSSR count). The van der Waals surface area contributed by atoms with Gasteiger partial charge in [0.15, 0.2) is 0 Å². The molecule has 0 atom stereocenters. The smallest absolute Gasteiger partial charge is 0.150 e. The number of aliphatic imine (C=N–C) groups is 1. The summed E-state index contributed by atoms with van der Waals surface area (Å²) in [7, 11) is 6.03. The maximum atomic E-state index is 6.38. The fourth-order valence-electron chi connectivity index (χ4n) is 5.03. The quantitative estimate of drug-likeness (QED) is 0.315. The van der Waals surface area contributed by atoms with Gasteiger partial charge in [0, 0.05) is 42.9 Å². The molecule has 1 aliphatic rings. The molecule has 3 aromatic heterocycles. The van der Waals surface area contributed by atoms with E-state index in [1.165, 1.54) is 0 Å². The predicted octanol–water partition coefficient (Wildman–Crippen LogP) is 4.74. The standard InChI is InChI=1S/C28H31N7/c1-5-6-7-22(30-2)23-11-10-19-8-9-20(16-24(19)32-23)25-26-27(29)31-12-13-35(26)28(33-25)21-14-18(15-21)17-34(3)4/h5-13,16,18,21H,1,14-15,17H2,2-4H3,(H2,29,31)/b7-6-,30-22+/t18-,21+. The number of hydrogen-bond donors (Lipinski definition) is 1. The Kier molecular flexibility index (Phi) is 6.17. The van der Waals surface area contributed by atoms with Crippen LogP contribution in [0.25, 0.3) is 27.7 Å². The highest BCUT2D eigenvalue weighted by molar-refractivity contribution is 6.08. The second kappa shape index (κ2) is 9.43. The number of rotatable bonds is 7. The SMILES string of the molecule is C=C/C=C\C(=N/C)c1ccc2ccc(-c3nc([C@H]4C[C@@H](CN(C)C)C4)n4ccnc(N)c34)cc2n1. The summed E-state index contributed by atoms with van der Waals surface area (Å²) < 4.78 is 2.13. The maximum absolute atomic E-state index is 6.38. The molecule has 7 heteroatoms. The molecule has 35 heavy (non-hydrogen) atoms. The minimum atomic E-state index is 0.424. The fourth-order valence-corrected chi connectivity index (χ4v) is 5.03. The highest BCUT2D eigenvalue weighted by Gasteiger charge is 2.34. The van der Waals surface area contributed by atoms with Gasteiger partial charge in [-0.2, -0.15) is 0 Å². The van der Waals surface area contributed by atoms with Gasteiger partial charge in [-0.15, -0.1) is 0 Å². The van der Waals surface area contributed by atoms with Crippen LogP contribution in [-0.2, 0) is 0 Å². The third kappa shape index (κ3) is 4.35. The largest absolute Gasteiger partial charge is 0.382 e. The van der Waals surface area contributed by atoms with E-state index >= 15 is 0 Å². The first kappa shape index (κ1) is 22.9. The lowest BCUT2D eigenvalue weighted by Crippen LogP contribution is -2.32. The van der Waals surface area contributed by atoms with E-state index in [9.17, 15) is 0 Å². The molecule has 4 aromatic rings. The van der Waals surface area contributed by atoms with Crippen LogP contribution in [0.4, 0.5) is 5.82 Å². The molecule has 0 unspecified atom stereocenters. The van der Waals surface area contributed by atoms with E-state index in [1.807, 2.05) is 24.4 Å². The molecular weight excluding hydrogens is 434 g/mol. The minimum absolute atomic E-state index is 0.424. The molecular formula is C28H31N7. The van der Waals surface area contributed by atoms with Crippen molar-refractivity contribution in [1.29, 1.82) is 0 Å². The van der Waals surface area contributed by atoms with Crippen molar-refractivity contribution in [1.82, 2.24) is 24.3 Å². The number of nitrogen functional groups attached to an aromatic ring is 1. The van der Waals surface area contributed by atoms with Gasteiger partial charge in [0.05, 0.1) is 16.9 Å². The zero-order valence-electron chi connectivity index (χ0n) is 20.5. The van der Waals surface area contributed by atoms with Crippen molar-refractivity contribution in [2.45, 2.75) is 18.8 Å². The minimum Gasteiger partial charge on any atom is -0.382 e. The van der Waals surface area contributed by atoms with Crippen LogP contribution >= 0.6 is 0 Å². The molecule has 3 heterocycles. The van der Waals surface area contributed by atoms with Crippen LogP contribution in [0.15, 0.2) is 72.5 Å². The van der Waals surface area contributed by atoms with E-state index in [-0.39, 0.29) is 0 Å². The summed E-state index contributed by atoms with van der Waals surface area (Å²) in [5, 5.41) is 1.06. The first-order valence-corrected chi connectivity index (χ1v) is 11.9. The van der Waals surface area contributed by atoms with Gasteiger partial charge in [0.25, 0.3) is 0 Å². The number of benzene rings is 1. The van der Waals surface area contributed by atoms with Gasteiger partial charge in [-0.05, 0) is 51.1 Å². The monoisotopic (exact) mass is 465 g/mol. The van der Waals surface area contributed by atoms with Crippen molar-refractivity contribution in [3.05, 3.63) is 79.1 Å². The molecule has 1 fully saturated rings. The van der Waals surface area contributed by atoms with E-state index in [4.69, 9.17) is 15.7 Å². The summed E-state index contributed by atoms with van der Waals surface area (Å²) in [6.07, 6.45) is 11.5. The molecule has 1 aliphatic carbocycles. The van der Waals surface area contributed by atoms with Crippen molar-refractivity contribution in [3.8, 4) is 11.3 Å². The average molecular weight is 466 g/mol. The van der Waals surface area contributed by atoms with Crippen LogP contribution in [-0.4, -0.2) is 57.7 Å². The number of aromatic nitrogens is 4. The van der Waals surface area contributed by atoms with E-state index < -0.39 is 0 Å². The van der Waals surface area contributed by atoms with E-state index in [2.05, 4.69) is 64.2 Å². The first-order valence-electron chi connectivity index (χ1n) is 11.9. The van der Waals surface area contributed by atoms with Gasteiger partial charge in [-0.3, -0.25) is 9.39 Å². The van der Waals surface area contributed by atoms with Crippen molar-refractivity contribution < 1.29 is 0 Å². The van der Waals surface area contributed by atoms with Crippen LogP contribution in [0, 0.1) is 5.92 Å². The molecule has 0 saturated heterocycles. The normalized spacial score (nSPS) is 18.6. The molecule has 0 amide bonds. The fraction of sp³-hybridized carbons (Fsp3) is 0.286. The summed E-state index contributed by atoms with van der Waals surface area (Å²) in [5.41, 5.74) is 11.6. The Bertz CT molecular complexity index is 1460. The average Bonchev–Trinajstić information content (AvgIpc) is 3.21. The summed E-state index contributed by atoms with van der Waals surface area (Å²) in [4.78, 5) is 21.0. The number of anilines is 1. The van der Waals surface area contributed by atoms with Gasteiger partial charge >= 0.3 is 0 Å². The molecule has 0 aliphatic heterocycles. The number of fused-ring (bicyclic) bond motifs is 2. The Hall–Kier alpha value is -3.84. The Morgan fingerprint density at radius 1 is 1.23 bits per heavy atom. The van der Waals surface area contributed by atoms with E-state index in [1.54, 1.807) is 19.3 Å². The molecule has 1 aromatic carbocycles. The van der Waals surface area contributed by atoms with Crippen LogP contribution in [0.5, 0.6) is 0 Å². The van der Waals surface area contributed by atoms with E-state index in [0.717, 1.165) is 64.3 Å². The lowest BCUT2D eigenvalue weighted by Gasteiger charge is -2.36. The number of nitrogens with zero attached hydrogens (tertiary/aromatic N) is 6. The summed E-state index contributed by atoms with van der Waals surface area (Å²) in [6.45, 7) is 4.85. The number of pyridine rings is 1.